The molecule has 114 valence electrons. The van der Waals surface area contributed by atoms with Crippen molar-refractivity contribution in [3.8, 4) is 0 Å². The number of hydrogen-bond acceptors (Lipinski definition) is 4. The zero-order chi connectivity index (χ0) is 15.2. The number of benzene rings is 1. The van der Waals surface area contributed by atoms with E-state index in [1.807, 2.05) is 31.4 Å². The molecular weight excluding hydrogens is 294 g/mol. The predicted molar refractivity (Wildman–Crippen MR) is 85.4 cm³/mol. The summed E-state index contributed by atoms with van der Waals surface area (Å²) < 4.78 is 26.5. The number of thioether (sulfide) groups is 1. The van der Waals surface area contributed by atoms with Crippen LogP contribution in [0.5, 0.6) is 0 Å². The first-order valence-electron chi connectivity index (χ1n) is 6.48. The fourth-order valence-corrected chi connectivity index (χ4v) is 3.64. The molecule has 1 aromatic carbocycles. The fourth-order valence-electron chi connectivity index (χ4n) is 1.75. The van der Waals surface area contributed by atoms with E-state index in [0.717, 1.165) is 16.9 Å². The molecule has 0 spiro atoms. The van der Waals surface area contributed by atoms with Crippen LogP contribution in [0.25, 0.3) is 0 Å². The van der Waals surface area contributed by atoms with Crippen LogP contribution in [-0.4, -0.2) is 37.7 Å². The van der Waals surface area contributed by atoms with Gasteiger partial charge in [-0.3, -0.25) is 0 Å². The average Bonchev–Trinajstić information content (AvgIpc) is 2.34. The van der Waals surface area contributed by atoms with Crippen LogP contribution in [0, 0.1) is 6.92 Å². The lowest BCUT2D eigenvalue weighted by Gasteiger charge is -2.23. The maximum atomic E-state index is 12.0. The molecular formula is C14H23NO3S2. The Labute approximate surface area is 126 Å². The van der Waals surface area contributed by atoms with E-state index in [1.54, 1.807) is 24.8 Å². The Kier molecular flexibility index (Phi) is 6.51. The van der Waals surface area contributed by atoms with Gasteiger partial charge in [0.05, 0.1) is 11.4 Å². The van der Waals surface area contributed by atoms with Gasteiger partial charge in [0.25, 0.3) is 0 Å². The summed E-state index contributed by atoms with van der Waals surface area (Å²) in [6.45, 7) is 3.62. The number of hydrogen-bond donors (Lipinski definition) is 2. The van der Waals surface area contributed by atoms with Gasteiger partial charge < -0.3 is 5.11 Å². The summed E-state index contributed by atoms with van der Waals surface area (Å²) in [5, 5.41) is 10.1. The molecule has 4 nitrogen and oxygen atoms in total. The Morgan fingerprint density at radius 1 is 1.40 bits per heavy atom. The lowest BCUT2D eigenvalue weighted by molar-refractivity contribution is 0.0626. The highest BCUT2D eigenvalue weighted by molar-refractivity contribution is 7.98. The number of nitrogens with one attached hydrogen (secondary N) is 1. The van der Waals surface area contributed by atoms with Crippen molar-refractivity contribution in [3.05, 3.63) is 35.4 Å². The summed E-state index contributed by atoms with van der Waals surface area (Å²) >= 11 is 1.63. The Hall–Kier alpha value is -0.560. The molecule has 0 saturated heterocycles. The van der Waals surface area contributed by atoms with Gasteiger partial charge in [-0.1, -0.05) is 29.8 Å². The molecule has 1 rings (SSSR count). The Bertz CT molecular complexity index is 527. The second-order valence-electron chi connectivity index (χ2n) is 5.31. The van der Waals surface area contributed by atoms with Crippen LogP contribution in [0.3, 0.4) is 0 Å². The quantitative estimate of drug-likeness (QED) is 0.769. The molecule has 0 aliphatic carbocycles. The van der Waals surface area contributed by atoms with E-state index in [0.29, 0.717) is 6.42 Å². The predicted octanol–water partition coefficient (Wildman–Crippen LogP) is 1.92. The van der Waals surface area contributed by atoms with E-state index in [-0.39, 0.29) is 12.3 Å². The van der Waals surface area contributed by atoms with E-state index in [9.17, 15) is 13.5 Å². The minimum Gasteiger partial charge on any atom is -0.389 e. The number of aryl methyl sites for hydroxylation is 1. The van der Waals surface area contributed by atoms with Crippen LogP contribution in [0.2, 0.25) is 0 Å². The third kappa shape index (κ3) is 6.74. The van der Waals surface area contributed by atoms with E-state index in [2.05, 4.69) is 4.72 Å². The molecule has 0 aliphatic heterocycles. The van der Waals surface area contributed by atoms with Crippen molar-refractivity contribution in [2.24, 2.45) is 0 Å². The first-order chi connectivity index (χ1) is 9.24. The third-order valence-electron chi connectivity index (χ3n) is 2.96. The number of sulfonamides is 1. The molecule has 0 aromatic heterocycles. The van der Waals surface area contributed by atoms with E-state index in [1.165, 1.54) is 0 Å². The Morgan fingerprint density at radius 2 is 2.10 bits per heavy atom. The van der Waals surface area contributed by atoms with Crippen LogP contribution in [0.1, 0.15) is 24.5 Å². The first-order valence-corrected chi connectivity index (χ1v) is 9.53. The van der Waals surface area contributed by atoms with Crippen molar-refractivity contribution in [3.63, 3.8) is 0 Å². The lowest BCUT2D eigenvalue weighted by Crippen LogP contribution is -2.41. The Morgan fingerprint density at radius 3 is 2.70 bits per heavy atom. The Balaban J connectivity index is 2.58. The minimum absolute atomic E-state index is 0.0434. The molecule has 20 heavy (non-hydrogen) atoms. The largest absolute Gasteiger partial charge is 0.389 e. The van der Waals surface area contributed by atoms with Gasteiger partial charge in [-0.25, -0.2) is 13.1 Å². The highest BCUT2D eigenvalue weighted by atomic mass is 32.2. The molecule has 6 heteroatoms. The summed E-state index contributed by atoms with van der Waals surface area (Å²) in [6, 6.07) is 7.41. The molecule has 0 fully saturated rings. The van der Waals surface area contributed by atoms with Crippen LogP contribution >= 0.6 is 11.8 Å². The van der Waals surface area contributed by atoms with Crippen LogP contribution in [0.15, 0.2) is 24.3 Å². The van der Waals surface area contributed by atoms with Crippen molar-refractivity contribution in [1.29, 1.82) is 0 Å². The summed E-state index contributed by atoms with van der Waals surface area (Å²) in [4.78, 5) is 0. The number of aliphatic hydroxyl groups is 1. The van der Waals surface area contributed by atoms with Crippen molar-refractivity contribution in [2.45, 2.75) is 31.6 Å². The SMILES string of the molecule is CSCCC(C)(O)CNS(=O)(=O)Cc1cccc(C)c1. The smallest absolute Gasteiger partial charge is 0.215 e. The van der Waals surface area contributed by atoms with E-state index >= 15 is 0 Å². The lowest BCUT2D eigenvalue weighted by atomic mass is 10.1. The number of rotatable bonds is 8. The summed E-state index contributed by atoms with van der Waals surface area (Å²) in [5.41, 5.74) is 0.772. The minimum atomic E-state index is -3.43. The van der Waals surface area contributed by atoms with Crippen molar-refractivity contribution < 1.29 is 13.5 Å². The van der Waals surface area contributed by atoms with Gasteiger partial charge in [-0.2, -0.15) is 11.8 Å². The average molecular weight is 317 g/mol. The molecule has 1 atom stereocenters. The van der Waals surface area contributed by atoms with Gasteiger partial charge in [0, 0.05) is 6.54 Å². The topological polar surface area (TPSA) is 66.4 Å². The normalized spacial score (nSPS) is 15.0. The molecule has 0 saturated carbocycles. The second kappa shape index (κ2) is 7.45. The zero-order valence-electron chi connectivity index (χ0n) is 12.2. The molecule has 0 amide bonds. The summed E-state index contributed by atoms with van der Waals surface area (Å²) in [6.07, 6.45) is 2.51. The van der Waals surface area contributed by atoms with Gasteiger partial charge in [0.1, 0.15) is 0 Å². The molecule has 0 heterocycles. The highest BCUT2D eigenvalue weighted by Gasteiger charge is 2.23. The van der Waals surface area contributed by atoms with Gasteiger partial charge in [0.15, 0.2) is 0 Å². The summed E-state index contributed by atoms with van der Waals surface area (Å²) in [5.74, 6) is 0.736. The maximum Gasteiger partial charge on any atom is 0.215 e. The molecule has 2 N–H and O–H groups in total. The monoisotopic (exact) mass is 317 g/mol. The van der Waals surface area contributed by atoms with Crippen molar-refractivity contribution >= 4 is 21.8 Å². The molecule has 0 radical (unpaired) electrons. The third-order valence-corrected chi connectivity index (χ3v) is 4.87. The van der Waals surface area contributed by atoms with E-state index in [4.69, 9.17) is 0 Å². The van der Waals surface area contributed by atoms with Crippen LogP contribution in [-0.2, 0) is 15.8 Å². The second-order valence-corrected chi connectivity index (χ2v) is 8.10. The van der Waals surface area contributed by atoms with Crippen molar-refractivity contribution in [2.75, 3.05) is 18.6 Å². The van der Waals surface area contributed by atoms with Crippen molar-refractivity contribution in [1.82, 2.24) is 4.72 Å². The fraction of sp³-hybridized carbons (Fsp3) is 0.571. The first kappa shape index (κ1) is 17.5. The molecule has 0 aliphatic rings. The standard InChI is InChI=1S/C14H23NO3S2/c1-12-5-4-6-13(9-12)10-20(17,18)15-11-14(2,16)7-8-19-3/h4-6,9,15-16H,7-8,10-11H2,1-3H3. The molecule has 1 unspecified atom stereocenters. The zero-order valence-corrected chi connectivity index (χ0v) is 13.9. The van der Waals surface area contributed by atoms with Crippen LogP contribution in [0.4, 0.5) is 0 Å². The maximum absolute atomic E-state index is 12.0. The van der Waals surface area contributed by atoms with Gasteiger partial charge in [0.2, 0.25) is 10.0 Å². The highest BCUT2D eigenvalue weighted by Crippen LogP contribution is 2.13. The molecule has 1 aromatic rings. The van der Waals surface area contributed by atoms with Gasteiger partial charge >= 0.3 is 0 Å². The summed E-state index contributed by atoms with van der Waals surface area (Å²) in [7, 11) is -3.43. The van der Waals surface area contributed by atoms with Crippen LogP contribution < -0.4 is 4.72 Å². The molecule has 0 bridgehead atoms. The van der Waals surface area contributed by atoms with E-state index < -0.39 is 15.6 Å². The van der Waals surface area contributed by atoms with Gasteiger partial charge in [-0.15, -0.1) is 0 Å². The van der Waals surface area contributed by atoms with Gasteiger partial charge in [-0.05, 0) is 37.8 Å².